The molecule has 2 aliphatic rings. The number of β-amino-alcohol motifs (C(OH)–C–C–N with tert-alkyl or cyclic N) is 1. The lowest BCUT2D eigenvalue weighted by Crippen LogP contribution is -2.24. The molecule has 2 aliphatic heterocycles. The number of nitrogens with one attached hydrogen (secondary N) is 1. The van der Waals surface area contributed by atoms with E-state index in [1.165, 1.54) is 0 Å². The Labute approximate surface area is 229 Å². The van der Waals surface area contributed by atoms with Gasteiger partial charge in [0.15, 0.2) is 11.5 Å². The Bertz CT molecular complexity index is 1630. The lowest BCUT2D eigenvalue weighted by Gasteiger charge is -2.15. The van der Waals surface area contributed by atoms with E-state index < -0.39 is 11.8 Å². The molecule has 6 rings (SSSR count). The summed E-state index contributed by atoms with van der Waals surface area (Å²) in [6.07, 6.45) is 1.23. The van der Waals surface area contributed by atoms with Crippen molar-refractivity contribution in [2.24, 2.45) is 0 Å². The van der Waals surface area contributed by atoms with Crippen LogP contribution in [0.1, 0.15) is 33.6 Å². The Balaban J connectivity index is 1.47. The zero-order valence-corrected chi connectivity index (χ0v) is 21.9. The second-order valence-electron chi connectivity index (χ2n) is 9.99. The van der Waals surface area contributed by atoms with E-state index in [2.05, 4.69) is 10.2 Å². The number of benzene rings is 3. The number of halogens is 1. The summed E-state index contributed by atoms with van der Waals surface area (Å²) >= 11 is 6.50. The molecule has 9 nitrogen and oxygen atoms in total. The number of ether oxygens (including phenoxy) is 1. The van der Waals surface area contributed by atoms with E-state index in [0.717, 1.165) is 25.9 Å². The molecule has 1 saturated heterocycles. The summed E-state index contributed by atoms with van der Waals surface area (Å²) in [6, 6.07) is 12.2. The maximum Gasteiger partial charge on any atom is 0.259 e. The van der Waals surface area contributed by atoms with Crippen molar-refractivity contribution in [2.45, 2.75) is 25.5 Å². The second-order valence-corrected chi connectivity index (χ2v) is 10.4. The highest BCUT2D eigenvalue weighted by Gasteiger charge is 2.35. The molecule has 0 saturated carbocycles. The molecule has 1 aromatic heterocycles. The van der Waals surface area contributed by atoms with E-state index in [9.17, 15) is 24.9 Å². The standard InChI is InChI=1S/C29H28ClN3O6/c30-20-5-2-1-4-17(20)18-12-22-25(27-26(18)28(37)31-29(27)38)19-13-23(36)24(14-21(19)33(22)9-10-34)39-11-3-7-32-8-6-16(35)15-32/h1-2,4-5,12-14,16,34-36H,3,6-11,15H2,(H,31,37,38). The van der Waals surface area contributed by atoms with Gasteiger partial charge in [0.05, 0.1) is 41.5 Å². The minimum Gasteiger partial charge on any atom is -0.504 e. The van der Waals surface area contributed by atoms with Gasteiger partial charge in [-0.2, -0.15) is 0 Å². The van der Waals surface area contributed by atoms with Crippen LogP contribution in [0.25, 0.3) is 32.9 Å². The summed E-state index contributed by atoms with van der Waals surface area (Å²) in [6.45, 7) is 2.73. The number of amides is 2. The molecule has 1 unspecified atom stereocenters. The van der Waals surface area contributed by atoms with Crippen LogP contribution in [-0.2, 0) is 6.54 Å². The largest absolute Gasteiger partial charge is 0.504 e. The molecule has 10 heteroatoms. The van der Waals surface area contributed by atoms with E-state index in [-0.39, 0.29) is 41.9 Å². The van der Waals surface area contributed by atoms with Crippen LogP contribution < -0.4 is 10.1 Å². The first-order valence-electron chi connectivity index (χ1n) is 13.0. The number of carbonyl (C=O) groups is 2. The van der Waals surface area contributed by atoms with Gasteiger partial charge < -0.3 is 29.5 Å². The zero-order chi connectivity index (χ0) is 27.3. The number of phenolic OH excluding ortho intramolecular Hbond substituents is 1. The molecule has 202 valence electrons. The van der Waals surface area contributed by atoms with Gasteiger partial charge in [0.1, 0.15) is 0 Å². The van der Waals surface area contributed by atoms with Gasteiger partial charge in [-0.1, -0.05) is 29.8 Å². The van der Waals surface area contributed by atoms with Crippen LogP contribution >= 0.6 is 11.6 Å². The fourth-order valence-corrected chi connectivity index (χ4v) is 6.03. The number of nitrogens with zero attached hydrogens (tertiary/aromatic N) is 2. The summed E-state index contributed by atoms with van der Waals surface area (Å²) in [7, 11) is 0. The van der Waals surface area contributed by atoms with Crippen LogP contribution in [0.15, 0.2) is 42.5 Å². The predicted octanol–water partition coefficient (Wildman–Crippen LogP) is 3.53. The Kier molecular flexibility index (Phi) is 6.68. The Morgan fingerprint density at radius 1 is 1.03 bits per heavy atom. The highest BCUT2D eigenvalue weighted by molar-refractivity contribution is 6.36. The molecular formula is C29H28ClN3O6. The maximum atomic E-state index is 13.1. The van der Waals surface area contributed by atoms with Crippen LogP contribution in [-0.4, -0.2) is 75.6 Å². The Hall–Kier alpha value is -3.63. The van der Waals surface area contributed by atoms with Crippen molar-refractivity contribution in [3.05, 3.63) is 58.6 Å². The third-order valence-corrected chi connectivity index (χ3v) is 7.86. The van der Waals surface area contributed by atoms with Crippen molar-refractivity contribution >= 4 is 45.2 Å². The van der Waals surface area contributed by atoms with Crippen LogP contribution in [0.3, 0.4) is 0 Å². The van der Waals surface area contributed by atoms with Crippen molar-refractivity contribution in [1.82, 2.24) is 14.8 Å². The van der Waals surface area contributed by atoms with Gasteiger partial charge in [-0.05, 0) is 36.6 Å². The van der Waals surface area contributed by atoms with E-state index in [1.54, 1.807) is 30.3 Å². The number of aliphatic hydroxyl groups is 2. The van der Waals surface area contributed by atoms with Crippen LogP contribution in [0.2, 0.25) is 5.02 Å². The number of hydrogen-bond donors (Lipinski definition) is 4. The average Bonchev–Trinajstić information content (AvgIpc) is 3.55. The first-order valence-corrected chi connectivity index (χ1v) is 13.4. The van der Waals surface area contributed by atoms with Gasteiger partial charge >= 0.3 is 0 Å². The molecule has 2 amide bonds. The average molecular weight is 550 g/mol. The molecular weight excluding hydrogens is 522 g/mol. The molecule has 4 N–H and O–H groups in total. The molecule has 0 bridgehead atoms. The van der Waals surface area contributed by atoms with Crippen LogP contribution in [0.4, 0.5) is 0 Å². The molecule has 0 spiro atoms. The SMILES string of the molecule is O=C1NC(=O)c2c1c(-c1ccccc1Cl)cc1c2c2cc(O)c(OCCCN3CCC(O)C3)cc2n1CCO. The normalized spacial score (nSPS) is 17.4. The van der Waals surface area contributed by atoms with E-state index in [4.69, 9.17) is 16.3 Å². The monoisotopic (exact) mass is 549 g/mol. The highest BCUT2D eigenvalue weighted by atomic mass is 35.5. The summed E-state index contributed by atoms with van der Waals surface area (Å²) in [5.41, 5.74) is 2.86. The van der Waals surface area contributed by atoms with Gasteiger partial charge in [0.25, 0.3) is 11.8 Å². The number of fused-ring (bicyclic) bond motifs is 5. The Morgan fingerprint density at radius 3 is 2.56 bits per heavy atom. The molecule has 3 heterocycles. The number of phenols is 1. The number of hydrogen-bond acceptors (Lipinski definition) is 7. The molecule has 39 heavy (non-hydrogen) atoms. The van der Waals surface area contributed by atoms with Gasteiger partial charge in [-0.3, -0.25) is 14.9 Å². The van der Waals surface area contributed by atoms with Crippen molar-refractivity contribution in [1.29, 1.82) is 0 Å². The van der Waals surface area contributed by atoms with Crippen molar-refractivity contribution in [3.63, 3.8) is 0 Å². The van der Waals surface area contributed by atoms with E-state index in [1.807, 2.05) is 16.7 Å². The molecule has 0 aliphatic carbocycles. The Morgan fingerprint density at radius 2 is 1.82 bits per heavy atom. The van der Waals surface area contributed by atoms with Gasteiger partial charge in [-0.15, -0.1) is 0 Å². The fourth-order valence-electron chi connectivity index (χ4n) is 5.79. The number of likely N-dealkylation sites (tertiary alicyclic amines) is 1. The summed E-state index contributed by atoms with van der Waals surface area (Å²) < 4.78 is 7.79. The first-order chi connectivity index (χ1) is 18.9. The van der Waals surface area contributed by atoms with Crippen molar-refractivity contribution in [3.8, 4) is 22.6 Å². The number of aromatic hydroxyl groups is 1. The fraction of sp³-hybridized carbons (Fsp3) is 0.310. The summed E-state index contributed by atoms with van der Waals surface area (Å²) in [5.74, 6) is -0.835. The van der Waals surface area contributed by atoms with Gasteiger partial charge in [-0.25, -0.2) is 0 Å². The number of aromatic nitrogens is 1. The number of aliphatic hydroxyl groups excluding tert-OH is 2. The lowest BCUT2D eigenvalue weighted by molar-refractivity contribution is 0.0880. The van der Waals surface area contributed by atoms with E-state index >= 15 is 0 Å². The minimum atomic E-state index is -0.524. The third-order valence-electron chi connectivity index (χ3n) is 7.53. The molecule has 1 atom stereocenters. The van der Waals surface area contributed by atoms with Gasteiger partial charge in [0.2, 0.25) is 0 Å². The summed E-state index contributed by atoms with van der Waals surface area (Å²) in [5, 5.41) is 34.4. The second kappa shape index (κ2) is 10.2. The van der Waals surface area contributed by atoms with Crippen molar-refractivity contribution in [2.75, 3.05) is 32.8 Å². The zero-order valence-electron chi connectivity index (χ0n) is 21.1. The third kappa shape index (κ3) is 4.41. The minimum absolute atomic E-state index is 0.0872. The molecule has 0 radical (unpaired) electrons. The highest BCUT2D eigenvalue weighted by Crippen LogP contribution is 2.44. The number of imide groups is 1. The van der Waals surface area contributed by atoms with Crippen molar-refractivity contribution < 1.29 is 29.6 Å². The smallest absolute Gasteiger partial charge is 0.259 e. The summed E-state index contributed by atoms with van der Waals surface area (Å²) in [4.78, 5) is 28.2. The topological polar surface area (TPSA) is 124 Å². The quantitative estimate of drug-likeness (QED) is 0.196. The molecule has 3 aromatic carbocycles. The van der Waals surface area contributed by atoms with Crippen LogP contribution in [0, 0.1) is 0 Å². The number of carbonyl (C=O) groups excluding carboxylic acids is 2. The van der Waals surface area contributed by atoms with E-state index in [0.29, 0.717) is 51.1 Å². The van der Waals surface area contributed by atoms with Gasteiger partial charge in [0, 0.05) is 53.6 Å². The maximum absolute atomic E-state index is 13.1. The first kappa shape index (κ1) is 25.6. The van der Waals surface area contributed by atoms with Crippen LogP contribution in [0.5, 0.6) is 11.5 Å². The predicted molar refractivity (Wildman–Crippen MR) is 148 cm³/mol. The number of rotatable bonds is 8. The lowest BCUT2D eigenvalue weighted by atomic mass is 9.93. The molecule has 1 fully saturated rings. The molecule has 4 aromatic rings.